The molecule has 3 rings (SSSR count). The van der Waals surface area contributed by atoms with Crippen LogP contribution in [0.15, 0.2) is 59.7 Å². The molecule has 1 aromatic heterocycles. The van der Waals surface area contributed by atoms with Gasteiger partial charge in [0.25, 0.3) is 5.56 Å². The molecule has 0 spiro atoms. The summed E-state index contributed by atoms with van der Waals surface area (Å²) in [6.07, 6.45) is 1.41. The van der Waals surface area contributed by atoms with E-state index in [1.54, 1.807) is 56.5 Å². The van der Waals surface area contributed by atoms with Crippen molar-refractivity contribution in [3.63, 3.8) is 0 Å². The molecule has 6 heteroatoms. The Morgan fingerprint density at radius 2 is 1.88 bits per heavy atom. The zero-order chi connectivity index (χ0) is 17.1. The second-order valence-electron chi connectivity index (χ2n) is 5.37. The fraction of sp³-hybridized carbons (Fsp3) is 0.167. The van der Waals surface area contributed by atoms with Gasteiger partial charge < -0.3 is 10.1 Å². The van der Waals surface area contributed by atoms with Gasteiger partial charge >= 0.3 is 0 Å². The van der Waals surface area contributed by atoms with Gasteiger partial charge in [-0.1, -0.05) is 12.1 Å². The lowest BCUT2D eigenvalue weighted by Crippen LogP contribution is -2.31. The van der Waals surface area contributed by atoms with E-state index in [1.807, 2.05) is 6.07 Å². The fourth-order valence-electron chi connectivity index (χ4n) is 2.41. The van der Waals surface area contributed by atoms with Crippen LogP contribution in [0.1, 0.15) is 13.0 Å². The molecule has 0 saturated heterocycles. The van der Waals surface area contributed by atoms with Gasteiger partial charge in [0.15, 0.2) is 0 Å². The van der Waals surface area contributed by atoms with Crippen molar-refractivity contribution in [1.82, 2.24) is 9.55 Å². The maximum absolute atomic E-state index is 12.5. The van der Waals surface area contributed by atoms with Crippen LogP contribution in [-0.2, 0) is 4.79 Å². The number of para-hydroxylation sites is 1. The van der Waals surface area contributed by atoms with Crippen LogP contribution in [-0.4, -0.2) is 22.6 Å². The number of fused-ring (bicyclic) bond motifs is 1. The molecule has 0 aliphatic heterocycles. The minimum atomic E-state index is -0.684. The molecule has 0 aliphatic rings. The van der Waals surface area contributed by atoms with Crippen molar-refractivity contribution < 1.29 is 9.53 Å². The summed E-state index contributed by atoms with van der Waals surface area (Å²) < 4.78 is 6.42. The second kappa shape index (κ2) is 6.54. The highest BCUT2D eigenvalue weighted by molar-refractivity contribution is 5.93. The molecule has 0 unspecified atom stereocenters. The van der Waals surface area contributed by atoms with Gasteiger partial charge in [0.05, 0.1) is 24.3 Å². The van der Waals surface area contributed by atoms with E-state index in [0.717, 1.165) is 0 Å². The van der Waals surface area contributed by atoms with Crippen LogP contribution in [0.3, 0.4) is 0 Å². The molecule has 24 heavy (non-hydrogen) atoms. The van der Waals surface area contributed by atoms with Gasteiger partial charge in [-0.2, -0.15) is 0 Å². The van der Waals surface area contributed by atoms with Crippen LogP contribution >= 0.6 is 0 Å². The maximum Gasteiger partial charge on any atom is 0.261 e. The van der Waals surface area contributed by atoms with E-state index in [4.69, 9.17) is 4.74 Å². The van der Waals surface area contributed by atoms with Gasteiger partial charge in [0.2, 0.25) is 5.91 Å². The van der Waals surface area contributed by atoms with E-state index < -0.39 is 6.04 Å². The first-order valence-corrected chi connectivity index (χ1v) is 7.51. The third kappa shape index (κ3) is 2.99. The van der Waals surface area contributed by atoms with Crippen molar-refractivity contribution in [2.24, 2.45) is 0 Å². The molecule has 0 radical (unpaired) electrons. The highest BCUT2D eigenvalue weighted by Gasteiger charge is 2.17. The summed E-state index contributed by atoms with van der Waals surface area (Å²) in [6, 6.07) is 13.4. The number of aromatic nitrogens is 2. The summed E-state index contributed by atoms with van der Waals surface area (Å²) >= 11 is 0. The minimum Gasteiger partial charge on any atom is -0.497 e. The maximum atomic E-state index is 12.5. The van der Waals surface area contributed by atoms with Gasteiger partial charge in [0.1, 0.15) is 11.8 Å². The Hall–Kier alpha value is -3.15. The number of nitrogens with zero attached hydrogens (tertiary/aromatic N) is 2. The standard InChI is InChI=1S/C18H17N3O3/c1-12(17(22)20-13-7-9-14(24-2)10-8-13)21-11-19-16-6-4-3-5-15(16)18(21)23/h3-12H,1-2H3,(H,20,22)/t12-/m1/s1. The zero-order valence-electron chi connectivity index (χ0n) is 13.4. The Kier molecular flexibility index (Phi) is 4.29. The summed E-state index contributed by atoms with van der Waals surface area (Å²) in [5, 5.41) is 3.27. The van der Waals surface area contributed by atoms with E-state index in [2.05, 4.69) is 10.3 Å². The van der Waals surface area contributed by atoms with Gasteiger partial charge in [0, 0.05) is 5.69 Å². The van der Waals surface area contributed by atoms with Crippen LogP contribution < -0.4 is 15.6 Å². The van der Waals surface area contributed by atoms with Gasteiger partial charge in [-0.05, 0) is 43.3 Å². The first-order chi connectivity index (χ1) is 11.6. The lowest BCUT2D eigenvalue weighted by Gasteiger charge is -2.15. The Labute approximate surface area is 138 Å². The number of rotatable bonds is 4. The average molecular weight is 323 g/mol. The molecule has 1 atom stereocenters. The van der Waals surface area contributed by atoms with Crippen molar-refractivity contribution in [2.75, 3.05) is 12.4 Å². The van der Waals surface area contributed by atoms with Crippen molar-refractivity contribution >= 4 is 22.5 Å². The number of nitrogens with one attached hydrogen (secondary N) is 1. The number of carbonyl (C=O) groups excluding carboxylic acids is 1. The molecule has 3 aromatic rings. The van der Waals surface area contributed by atoms with Gasteiger partial charge in [-0.3, -0.25) is 14.2 Å². The first kappa shape index (κ1) is 15.7. The van der Waals surface area contributed by atoms with E-state index in [0.29, 0.717) is 22.3 Å². The molecule has 0 aliphatic carbocycles. The SMILES string of the molecule is COc1ccc(NC(=O)[C@@H](C)n2cnc3ccccc3c2=O)cc1. The number of benzene rings is 2. The predicted octanol–water partition coefficient (Wildman–Crippen LogP) is 2.60. The Balaban J connectivity index is 1.85. The minimum absolute atomic E-state index is 0.238. The smallest absolute Gasteiger partial charge is 0.261 e. The predicted molar refractivity (Wildman–Crippen MR) is 92.3 cm³/mol. The number of carbonyl (C=O) groups is 1. The number of hydrogen-bond donors (Lipinski definition) is 1. The quantitative estimate of drug-likeness (QED) is 0.801. The fourth-order valence-corrected chi connectivity index (χ4v) is 2.41. The molecular formula is C18H17N3O3. The first-order valence-electron chi connectivity index (χ1n) is 7.51. The van der Waals surface area contributed by atoms with Crippen LogP contribution in [0.25, 0.3) is 10.9 Å². The van der Waals surface area contributed by atoms with Crippen molar-refractivity contribution in [3.05, 3.63) is 65.2 Å². The molecular weight excluding hydrogens is 306 g/mol. The Morgan fingerprint density at radius 3 is 2.58 bits per heavy atom. The molecule has 2 aromatic carbocycles. The number of anilines is 1. The summed E-state index contributed by atoms with van der Waals surface area (Å²) in [6.45, 7) is 1.66. The molecule has 1 heterocycles. The van der Waals surface area contributed by atoms with Crippen LogP contribution in [0.2, 0.25) is 0 Å². The van der Waals surface area contributed by atoms with Gasteiger partial charge in [-0.25, -0.2) is 4.98 Å². The van der Waals surface area contributed by atoms with Crippen molar-refractivity contribution in [3.8, 4) is 5.75 Å². The number of methoxy groups -OCH3 is 1. The van der Waals surface area contributed by atoms with E-state index in [9.17, 15) is 9.59 Å². The second-order valence-corrected chi connectivity index (χ2v) is 5.37. The molecule has 1 N–H and O–H groups in total. The van der Waals surface area contributed by atoms with Crippen LogP contribution in [0, 0.1) is 0 Å². The Bertz CT molecular complexity index is 932. The molecule has 0 bridgehead atoms. The van der Waals surface area contributed by atoms with Crippen molar-refractivity contribution in [2.45, 2.75) is 13.0 Å². The number of ether oxygens (including phenoxy) is 1. The normalized spacial score (nSPS) is 11.9. The lowest BCUT2D eigenvalue weighted by atomic mass is 10.2. The van der Waals surface area contributed by atoms with E-state index in [1.165, 1.54) is 10.9 Å². The third-order valence-corrected chi connectivity index (χ3v) is 3.84. The summed E-state index contributed by atoms with van der Waals surface area (Å²) in [5.74, 6) is 0.412. The summed E-state index contributed by atoms with van der Waals surface area (Å²) in [4.78, 5) is 29.2. The largest absolute Gasteiger partial charge is 0.497 e. The highest BCUT2D eigenvalue weighted by atomic mass is 16.5. The molecule has 0 saturated carbocycles. The third-order valence-electron chi connectivity index (χ3n) is 3.84. The monoisotopic (exact) mass is 323 g/mol. The summed E-state index contributed by atoms with van der Waals surface area (Å²) in [7, 11) is 1.58. The van der Waals surface area contributed by atoms with Gasteiger partial charge in [-0.15, -0.1) is 0 Å². The molecule has 122 valence electrons. The van der Waals surface area contributed by atoms with E-state index in [-0.39, 0.29) is 11.5 Å². The number of amides is 1. The topological polar surface area (TPSA) is 73.2 Å². The number of hydrogen-bond acceptors (Lipinski definition) is 4. The van der Waals surface area contributed by atoms with Crippen LogP contribution in [0.4, 0.5) is 5.69 Å². The Morgan fingerprint density at radius 1 is 1.17 bits per heavy atom. The molecule has 0 fully saturated rings. The highest BCUT2D eigenvalue weighted by Crippen LogP contribution is 2.16. The van der Waals surface area contributed by atoms with Crippen LogP contribution in [0.5, 0.6) is 5.75 Å². The molecule has 6 nitrogen and oxygen atoms in total. The lowest BCUT2D eigenvalue weighted by molar-refractivity contribution is -0.118. The molecule has 1 amide bonds. The zero-order valence-corrected chi connectivity index (χ0v) is 13.4. The summed E-state index contributed by atoms with van der Waals surface area (Å²) in [5.41, 5.74) is 1.01. The van der Waals surface area contributed by atoms with Crippen molar-refractivity contribution in [1.29, 1.82) is 0 Å². The van der Waals surface area contributed by atoms with E-state index >= 15 is 0 Å². The average Bonchev–Trinajstić information content (AvgIpc) is 2.62.